The first kappa shape index (κ1) is 12.2. The molecule has 0 aliphatic carbocycles. The van der Waals surface area contributed by atoms with E-state index in [1.54, 1.807) is 11.3 Å². The summed E-state index contributed by atoms with van der Waals surface area (Å²) in [5.41, 5.74) is 7.02. The molecule has 92 valence electrons. The van der Waals surface area contributed by atoms with Gasteiger partial charge in [0.2, 0.25) is 0 Å². The van der Waals surface area contributed by atoms with E-state index in [9.17, 15) is 0 Å². The van der Waals surface area contributed by atoms with Crippen LogP contribution in [-0.2, 0) is 6.54 Å². The topological polar surface area (TPSA) is 60.2 Å². The lowest BCUT2D eigenvalue weighted by Crippen LogP contribution is -2.08. The van der Waals surface area contributed by atoms with Crippen molar-refractivity contribution in [3.8, 4) is 5.75 Å². The van der Waals surface area contributed by atoms with Gasteiger partial charge in [-0.15, -0.1) is 0 Å². The number of nitrogens with zero attached hydrogens (tertiary/aromatic N) is 1. The van der Waals surface area contributed by atoms with Crippen LogP contribution in [0.2, 0.25) is 0 Å². The molecule has 0 bridgehead atoms. The molecule has 3 N–H and O–H groups in total. The van der Waals surface area contributed by atoms with E-state index >= 15 is 0 Å². The van der Waals surface area contributed by atoms with Crippen LogP contribution in [0.3, 0.4) is 0 Å². The number of hydrogen-bond acceptors (Lipinski definition) is 6. The Morgan fingerprint density at radius 3 is 3.00 bits per heavy atom. The van der Waals surface area contributed by atoms with E-state index in [-0.39, 0.29) is 6.10 Å². The molecule has 2 aromatic rings. The zero-order valence-electron chi connectivity index (χ0n) is 9.77. The molecular formula is C11H15N3OS2. The standard InChI is InChI=1S/C11H15N3OS2/c1-7(2)15-9-10(12)14-17-11(9)13-5-8-3-4-16-6-8/h3-4,6-7,13H,5H2,1-2H3,(H2,12,14). The Hall–Kier alpha value is -1.27. The van der Waals surface area contributed by atoms with Crippen LogP contribution in [0.1, 0.15) is 19.4 Å². The van der Waals surface area contributed by atoms with Crippen molar-refractivity contribution < 1.29 is 4.74 Å². The van der Waals surface area contributed by atoms with Gasteiger partial charge in [-0.1, -0.05) is 0 Å². The summed E-state index contributed by atoms with van der Waals surface area (Å²) in [6.07, 6.45) is 0.0930. The van der Waals surface area contributed by atoms with Gasteiger partial charge in [-0.05, 0) is 47.8 Å². The van der Waals surface area contributed by atoms with Crippen LogP contribution in [0.5, 0.6) is 5.75 Å². The van der Waals surface area contributed by atoms with Crippen molar-refractivity contribution in [1.29, 1.82) is 0 Å². The smallest absolute Gasteiger partial charge is 0.197 e. The molecule has 0 fully saturated rings. The summed E-state index contributed by atoms with van der Waals surface area (Å²) < 4.78 is 9.75. The molecule has 0 atom stereocenters. The van der Waals surface area contributed by atoms with Crippen LogP contribution in [0, 0.1) is 0 Å². The van der Waals surface area contributed by atoms with E-state index in [1.807, 2.05) is 13.8 Å². The molecule has 0 aliphatic heterocycles. The Bertz CT molecular complexity index is 465. The molecule has 4 nitrogen and oxygen atoms in total. The molecule has 0 saturated heterocycles. The van der Waals surface area contributed by atoms with E-state index < -0.39 is 0 Å². The SMILES string of the molecule is CC(C)Oc1c(N)nsc1NCc1ccsc1. The number of ether oxygens (including phenoxy) is 1. The van der Waals surface area contributed by atoms with E-state index in [2.05, 4.69) is 26.5 Å². The molecule has 6 heteroatoms. The summed E-state index contributed by atoms with van der Waals surface area (Å²) in [5, 5.41) is 8.36. The lowest BCUT2D eigenvalue weighted by atomic mass is 10.3. The number of nitrogens with two attached hydrogens (primary N) is 1. The van der Waals surface area contributed by atoms with Crippen LogP contribution in [0.15, 0.2) is 16.8 Å². The second kappa shape index (κ2) is 5.37. The molecule has 0 unspecified atom stereocenters. The highest BCUT2D eigenvalue weighted by Crippen LogP contribution is 2.36. The average molecular weight is 269 g/mol. The lowest BCUT2D eigenvalue weighted by Gasteiger charge is -2.11. The van der Waals surface area contributed by atoms with Crippen LogP contribution in [-0.4, -0.2) is 10.5 Å². The number of aromatic nitrogens is 1. The Morgan fingerprint density at radius 2 is 2.35 bits per heavy atom. The van der Waals surface area contributed by atoms with Crippen LogP contribution in [0.4, 0.5) is 10.8 Å². The van der Waals surface area contributed by atoms with Gasteiger partial charge in [0, 0.05) is 6.54 Å². The van der Waals surface area contributed by atoms with Gasteiger partial charge in [0.1, 0.15) is 0 Å². The van der Waals surface area contributed by atoms with Crippen molar-refractivity contribution in [3.05, 3.63) is 22.4 Å². The van der Waals surface area contributed by atoms with E-state index in [1.165, 1.54) is 17.1 Å². The predicted molar refractivity (Wildman–Crippen MR) is 73.9 cm³/mol. The summed E-state index contributed by atoms with van der Waals surface area (Å²) in [6, 6.07) is 2.09. The minimum atomic E-state index is 0.0930. The van der Waals surface area contributed by atoms with Gasteiger partial charge in [0.15, 0.2) is 16.6 Å². The minimum absolute atomic E-state index is 0.0930. The van der Waals surface area contributed by atoms with Crippen molar-refractivity contribution in [1.82, 2.24) is 4.37 Å². The molecule has 0 aromatic carbocycles. The number of thiophene rings is 1. The van der Waals surface area contributed by atoms with Crippen molar-refractivity contribution in [2.75, 3.05) is 11.1 Å². The van der Waals surface area contributed by atoms with E-state index in [0.29, 0.717) is 11.6 Å². The molecule has 2 aromatic heterocycles. The average Bonchev–Trinajstić information content (AvgIpc) is 2.88. The number of nitrogens with one attached hydrogen (secondary N) is 1. The highest BCUT2D eigenvalue weighted by atomic mass is 32.1. The van der Waals surface area contributed by atoms with Crippen LogP contribution >= 0.6 is 22.9 Å². The summed E-state index contributed by atoms with van der Waals surface area (Å²) in [6.45, 7) is 4.71. The molecule has 17 heavy (non-hydrogen) atoms. The third-order valence-corrected chi connectivity index (χ3v) is 3.59. The Morgan fingerprint density at radius 1 is 1.53 bits per heavy atom. The quantitative estimate of drug-likeness (QED) is 0.875. The fraction of sp³-hybridized carbons (Fsp3) is 0.364. The molecule has 2 rings (SSSR count). The monoisotopic (exact) mass is 269 g/mol. The molecule has 0 spiro atoms. The van der Waals surface area contributed by atoms with Crippen molar-refractivity contribution in [2.24, 2.45) is 0 Å². The van der Waals surface area contributed by atoms with Crippen LogP contribution in [0.25, 0.3) is 0 Å². The highest BCUT2D eigenvalue weighted by Gasteiger charge is 2.14. The van der Waals surface area contributed by atoms with Gasteiger partial charge < -0.3 is 15.8 Å². The van der Waals surface area contributed by atoms with Gasteiger partial charge in [-0.25, -0.2) is 0 Å². The predicted octanol–water partition coefficient (Wildman–Crippen LogP) is 3.19. The zero-order chi connectivity index (χ0) is 12.3. The van der Waals surface area contributed by atoms with E-state index in [4.69, 9.17) is 10.5 Å². The van der Waals surface area contributed by atoms with Crippen molar-refractivity contribution >= 4 is 33.7 Å². The summed E-state index contributed by atoms with van der Waals surface area (Å²) >= 11 is 3.02. The first-order valence-corrected chi connectivity index (χ1v) is 7.05. The minimum Gasteiger partial charge on any atom is -0.484 e. The number of anilines is 2. The van der Waals surface area contributed by atoms with Gasteiger partial charge >= 0.3 is 0 Å². The second-order valence-electron chi connectivity index (χ2n) is 3.88. The molecule has 0 radical (unpaired) electrons. The van der Waals surface area contributed by atoms with Gasteiger partial charge in [0.05, 0.1) is 6.10 Å². The Balaban J connectivity index is 2.05. The van der Waals surface area contributed by atoms with Gasteiger partial charge in [0.25, 0.3) is 0 Å². The molecular weight excluding hydrogens is 254 g/mol. The molecule has 0 aliphatic rings. The third kappa shape index (κ3) is 3.10. The number of nitrogen functional groups attached to an aromatic ring is 1. The van der Waals surface area contributed by atoms with Gasteiger partial charge in [-0.3, -0.25) is 0 Å². The molecule has 2 heterocycles. The highest BCUT2D eigenvalue weighted by molar-refractivity contribution is 7.11. The van der Waals surface area contributed by atoms with Crippen LogP contribution < -0.4 is 15.8 Å². The normalized spacial score (nSPS) is 10.8. The number of hydrogen-bond donors (Lipinski definition) is 2. The number of rotatable bonds is 5. The van der Waals surface area contributed by atoms with E-state index in [0.717, 1.165) is 11.5 Å². The third-order valence-electron chi connectivity index (χ3n) is 2.06. The lowest BCUT2D eigenvalue weighted by molar-refractivity contribution is 0.245. The fourth-order valence-corrected chi connectivity index (χ4v) is 2.65. The molecule has 0 amide bonds. The largest absolute Gasteiger partial charge is 0.484 e. The summed E-state index contributed by atoms with van der Waals surface area (Å²) in [5.74, 6) is 1.12. The maximum atomic E-state index is 5.77. The summed E-state index contributed by atoms with van der Waals surface area (Å²) in [4.78, 5) is 0. The summed E-state index contributed by atoms with van der Waals surface area (Å²) in [7, 11) is 0. The first-order chi connectivity index (χ1) is 8.16. The maximum absolute atomic E-state index is 5.77. The Kier molecular flexibility index (Phi) is 3.86. The molecule has 0 saturated carbocycles. The van der Waals surface area contributed by atoms with Gasteiger partial charge in [-0.2, -0.15) is 15.7 Å². The van der Waals surface area contributed by atoms with Crippen molar-refractivity contribution in [2.45, 2.75) is 26.5 Å². The maximum Gasteiger partial charge on any atom is 0.197 e. The first-order valence-electron chi connectivity index (χ1n) is 5.33. The Labute approximate surface area is 109 Å². The zero-order valence-corrected chi connectivity index (χ0v) is 11.4. The van der Waals surface area contributed by atoms with Crippen molar-refractivity contribution in [3.63, 3.8) is 0 Å². The fourth-order valence-electron chi connectivity index (χ4n) is 1.33. The second-order valence-corrected chi connectivity index (χ2v) is 5.43.